The zero-order valence-corrected chi connectivity index (χ0v) is 12.1. The van der Waals surface area contributed by atoms with Crippen molar-refractivity contribution in [1.29, 1.82) is 0 Å². The lowest BCUT2D eigenvalue weighted by Gasteiger charge is -2.10. The zero-order chi connectivity index (χ0) is 15.0. The van der Waals surface area contributed by atoms with Gasteiger partial charge in [0.25, 0.3) is 0 Å². The quantitative estimate of drug-likeness (QED) is 0.762. The fourth-order valence-electron chi connectivity index (χ4n) is 2.81. The van der Waals surface area contributed by atoms with Gasteiger partial charge < -0.3 is 0 Å². The minimum Gasteiger partial charge on any atom is -0.227 e. The van der Waals surface area contributed by atoms with E-state index in [1.54, 1.807) is 18.5 Å². The van der Waals surface area contributed by atoms with E-state index < -0.39 is 0 Å². The Labute approximate surface area is 123 Å². The molecule has 0 saturated heterocycles. The highest BCUT2D eigenvalue weighted by Gasteiger charge is 2.28. The predicted octanol–water partition coefficient (Wildman–Crippen LogP) is 3.77. The van der Waals surface area contributed by atoms with E-state index >= 15 is 0 Å². The van der Waals surface area contributed by atoms with Crippen molar-refractivity contribution >= 4 is 17.7 Å². The monoisotopic (exact) mass is 287 g/mol. The van der Waals surface area contributed by atoms with Crippen LogP contribution in [0.3, 0.4) is 0 Å². The van der Waals surface area contributed by atoms with Crippen molar-refractivity contribution in [2.45, 2.75) is 13.8 Å². The molecule has 0 atom stereocenters. The molecule has 4 heteroatoms. The molecule has 0 N–H and O–H groups in total. The van der Waals surface area contributed by atoms with Gasteiger partial charge in [0.1, 0.15) is 13.1 Å². The van der Waals surface area contributed by atoms with Gasteiger partial charge in [-0.2, -0.15) is 0 Å². The Morgan fingerprint density at radius 1 is 0.952 bits per heavy atom. The summed E-state index contributed by atoms with van der Waals surface area (Å²) in [6, 6.07) is 10.1. The van der Waals surface area contributed by atoms with Gasteiger partial charge in [-0.1, -0.05) is 24.3 Å². The molecule has 0 amide bonds. The number of benzene rings is 2. The molecule has 0 fully saturated rings. The second-order valence-electron chi connectivity index (χ2n) is 5.31. The second kappa shape index (κ2) is 5.28. The summed E-state index contributed by atoms with van der Waals surface area (Å²) in [5.41, 5.74) is 2.87. The average molecular weight is 287 g/mol. The minimum absolute atomic E-state index is 0.252. The highest BCUT2D eigenvalue weighted by Crippen LogP contribution is 2.27. The van der Waals surface area contributed by atoms with Crippen LogP contribution in [0.4, 0.5) is 20.2 Å². The number of halogens is 2. The first-order valence-electron chi connectivity index (χ1n) is 6.96. The van der Waals surface area contributed by atoms with Crippen LogP contribution in [0, 0.1) is 25.5 Å². The molecule has 0 spiro atoms. The van der Waals surface area contributed by atoms with Crippen LogP contribution >= 0.6 is 0 Å². The fraction of sp³-hybridized carbons (Fsp3) is 0.235. The Balaban J connectivity index is 2.02. The van der Waals surface area contributed by atoms with Crippen LogP contribution in [-0.2, 0) is 0 Å². The van der Waals surface area contributed by atoms with Crippen LogP contribution in [0.1, 0.15) is 11.1 Å². The van der Waals surface area contributed by atoms with Crippen molar-refractivity contribution in [2.75, 3.05) is 18.0 Å². The van der Waals surface area contributed by atoms with Crippen LogP contribution in [-0.4, -0.2) is 24.0 Å². The van der Waals surface area contributed by atoms with Gasteiger partial charge in [0, 0.05) is 0 Å². The Morgan fingerprint density at radius 3 is 2.29 bits per heavy atom. The molecule has 0 saturated carbocycles. The first-order valence-corrected chi connectivity index (χ1v) is 6.96. The largest absolute Gasteiger partial charge is 0.244 e. The SMILES string of the molecule is Cc1cccc(F)c1N1C=[N+](c2c(C)cccc2F)CC1. The molecule has 0 aromatic heterocycles. The topological polar surface area (TPSA) is 6.25 Å². The summed E-state index contributed by atoms with van der Waals surface area (Å²) in [6.07, 6.45) is 1.79. The first-order chi connectivity index (χ1) is 10.1. The summed E-state index contributed by atoms with van der Waals surface area (Å²) < 4.78 is 29.9. The Hall–Kier alpha value is -2.23. The molecule has 2 nitrogen and oxygen atoms in total. The molecule has 0 radical (unpaired) electrons. The van der Waals surface area contributed by atoms with E-state index in [4.69, 9.17) is 0 Å². The third-order valence-corrected chi connectivity index (χ3v) is 3.81. The van der Waals surface area contributed by atoms with Crippen LogP contribution in [0.5, 0.6) is 0 Å². The number of rotatable bonds is 2. The molecule has 1 aliphatic rings. The van der Waals surface area contributed by atoms with Gasteiger partial charge in [0.2, 0.25) is 6.34 Å². The lowest BCUT2D eigenvalue weighted by atomic mass is 10.2. The Kier molecular flexibility index (Phi) is 3.45. The molecule has 21 heavy (non-hydrogen) atoms. The average Bonchev–Trinajstić information content (AvgIpc) is 2.87. The predicted molar refractivity (Wildman–Crippen MR) is 80.5 cm³/mol. The summed E-state index contributed by atoms with van der Waals surface area (Å²) in [5.74, 6) is -0.503. The van der Waals surface area contributed by atoms with Crippen LogP contribution in [0.25, 0.3) is 0 Å². The normalized spacial score (nSPS) is 14.5. The lowest BCUT2D eigenvalue weighted by molar-refractivity contribution is -0.426. The maximum Gasteiger partial charge on any atom is 0.244 e. The van der Waals surface area contributed by atoms with Crippen LogP contribution in [0.15, 0.2) is 36.4 Å². The number of hydrogen-bond donors (Lipinski definition) is 0. The van der Waals surface area contributed by atoms with E-state index in [0.29, 0.717) is 24.5 Å². The molecule has 1 heterocycles. The smallest absolute Gasteiger partial charge is 0.227 e. The lowest BCUT2D eigenvalue weighted by Crippen LogP contribution is -2.20. The second-order valence-corrected chi connectivity index (χ2v) is 5.31. The highest BCUT2D eigenvalue weighted by molar-refractivity contribution is 5.80. The van der Waals surface area contributed by atoms with Gasteiger partial charge >= 0.3 is 0 Å². The maximum absolute atomic E-state index is 14.0. The van der Waals surface area contributed by atoms with Gasteiger partial charge in [-0.05, 0) is 37.1 Å². The number of para-hydroxylation sites is 2. The van der Waals surface area contributed by atoms with E-state index in [-0.39, 0.29) is 11.6 Å². The molecule has 108 valence electrons. The van der Waals surface area contributed by atoms with Gasteiger partial charge in [-0.3, -0.25) is 0 Å². The van der Waals surface area contributed by atoms with Gasteiger partial charge in [-0.15, -0.1) is 0 Å². The number of aryl methyl sites for hydroxylation is 2. The molecule has 2 aromatic rings. The van der Waals surface area contributed by atoms with Crippen molar-refractivity contribution in [3.05, 3.63) is 59.2 Å². The third-order valence-electron chi connectivity index (χ3n) is 3.81. The van der Waals surface area contributed by atoms with Crippen LogP contribution < -0.4 is 4.90 Å². The van der Waals surface area contributed by atoms with Crippen molar-refractivity contribution in [3.8, 4) is 0 Å². The standard InChI is InChI=1S/C17H17F2N2/c1-12-5-3-7-14(18)16(12)20-9-10-21(11-20)17-13(2)6-4-8-15(17)19/h3-8,11H,9-10H2,1-2H3/q+1. The summed E-state index contributed by atoms with van der Waals surface area (Å²) in [4.78, 5) is 1.84. The zero-order valence-electron chi connectivity index (χ0n) is 12.1. The molecule has 2 aromatic carbocycles. The number of anilines is 1. The third kappa shape index (κ3) is 2.42. The Morgan fingerprint density at radius 2 is 1.62 bits per heavy atom. The summed E-state index contributed by atoms with van der Waals surface area (Å²) in [6.45, 7) is 5.03. The number of hydrogen-bond acceptors (Lipinski definition) is 1. The van der Waals surface area contributed by atoms with Crippen molar-refractivity contribution < 1.29 is 13.4 Å². The van der Waals surface area contributed by atoms with E-state index in [1.165, 1.54) is 12.1 Å². The minimum atomic E-state index is -0.252. The van der Waals surface area contributed by atoms with E-state index in [1.807, 2.05) is 35.5 Å². The molecule has 0 aliphatic carbocycles. The molecule has 1 aliphatic heterocycles. The van der Waals surface area contributed by atoms with Crippen molar-refractivity contribution in [3.63, 3.8) is 0 Å². The summed E-state index contributed by atoms with van der Waals surface area (Å²) in [7, 11) is 0. The maximum atomic E-state index is 14.0. The highest BCUT2D eigenvalue weighted by atomic mass is 19.1. The molecular formula is C17H17F2N2+. The van der Waals surface area contributed by atoms with Gasteiger partial charge in [0.05, 0.1) is 0 Å². The molecule has 0 unspecified atom stereocenters. The molecular weight excluding hydrogens is 270 g/mol. The number of nitrogens with zero attached hydrogens (tertiary/aromatic N) is 2. The van der Waals surface area contributed by atoms with Crippen molar-refractivity contribution in [1.82, 2.24) is 0 Å². The van der Waals surface area contributed by atoms with E-state index in [2.05, 4.69) is 0 Å². The van der Waals surface area contributed by atoms with E-state index in [9.17, 15) is 8.78 Å². The molecule has 3 rings (SSSR count). The fourth-order valence-corrected chi connectivity index (χ4v) is 2.81. The van der Waals surface area contributed by atoms with Gasteiger partial charge in [-0.25, -0.2) is 18.3 Å². The van der Waals surface area contributed by atoms with E-state index in [0.717, 1.165) is 11.1 Å². The Bertz CT molecular complexity index is 682. The van der Waals surface area contributed by atoms with Crippen LogP contribution in [0.2, 0.25) is 0 Å². The van der Waals surface area contributed by atoms with Gasteiger partial charge in [0.15, 0.2) is 23.0 Å². The van der Waals surface area contributed by atoms with Crippen molar-refractivity contribution in [2.24, 2.45) is 0 Å². The summed E-state index contributed by atoms with van der Waals surface area (Å²) in [5, 5.41) is 0. The molecule has 0 bridgehead atoms. The summed E-state index contributed by atoms with van der Waals surface area (Å²) >= 11 is 0. The first kappa shape index (κ1) is 13.7.